The van der Waals surface area contributed by atoms with Gasteiger partial charge in [0.25, 0.3) is 0 Å². The Kier molecular flexibility index (Phi) is 3.32. The van der Waals surface area contributed by atoms with E-state index in [2.05, 4.69) is 6.92 Å². The number of hydrogen-bond acceptors (Lipinski definition) is 4. The first-order valence-electron chi connectivity index (χ1n) is 4.70. The van der Waals surface area contributed by atoms with Gasteiger partial charge in [-0.25, -0.2) is 8.37 Å². The second kappa shape index (κ2) is 3.94. The fourth-order valence-electron chi connectivity index (χ4n) is 1.40. The zero-order valence-corrected chi connectivity index (χ0v) is 8.89. The minimum absolute atomic E-state index is 0.579. The number of unbranched alkanes of at least 4 members (excludes halogenated alkanes) is 2. The monoisotopic (exact) mass is 208 g/mol. The third kappa shape index (κ3) is 2.65. The number of rotatable bonds is 5. The molecule has 0 bridgehead atoms. The quantitative estimate of drug-likeness (QED) is 0.648. The second-order valence-corrected chi connectivity index (χ2v) is 4.45. The molecule has 0 atom stereocenters. The maximum Gasteiger partial charge on any atom is 0.405 e. The summed E-state index contributed by atoms with van der Waals surface area (Å²) in [7, 11) is -3.64. The van der Waals surface area contributed by atoms with Crippen LogP contribution in [0.5, 0.6) is 0 Å². The molecule has 13 heavy (non-hydrogen) atoms. The SMILES string of the molecule is CCCCCC1(CC)OS(=O)(=O)O1. The Bertz CT molecular complexity index is 245. The summed E-state index contributed by atoms with van der Waals surface area (Å²) >= 11 is 0. The van der Waals surface area contributed by atoms with Gasteiger partial charge in [-0.15, -0.1) is 0 Å². The van der Waals surface area contributed by atoms with E-state index in [-0.39, 0.29) is 0 Å². The minimum atomic E-state index is -3.64. The summed E-state index contributed by atoms with van der Waals surface area (Å²) in [6.07, 6.45) is 4.37. The van der Waals surface area contributed by atoms with Crippen molar-refractivity contribution in [2.24, 2.45) is 0 Å². The van der Waals surface area contributed by atoms with Crippen molar-refractivity contribution >= 4 is 10.4 Å². The van der Waals surface area contributed by atoms with Gasteiger partial charge < -0.3 is 0 Å². The molecular weight excluding hydrogens is 192 g/mol. The maximum absolute atomic E-state index is 10.6. The van der Waals surface area contributed by atoms with Crippen LogP contribution in [-0.2, 0) is 18.8 Å². The van der Waals surface area contributed by atoms with Crippen molar-refractivity contribution in [2.45, 2.75) is 51.7 Å². The van der Waals surface area contributed by atoms with E-state index in [1.54, 1.807) is 0 Å². The highest BCUT2D eigenvalue weighted by Crippen LogP contribution is 2.38. The van der Waals surface area contributed by atoms with Crippen molar-refractivity contribution in [1.82, 2.24) is 0 Å². The predicted molar refractivity (Wildman–Crippen MR) is 48.3 cm³/mol. The highest BCUT2D eigenvalue weighted by atomic mass is 32.3. The lowest BCUT2D eigenvalue weighted by molar-refractivity contribution is -0.193. The van der Waals surface area contributed by atoms with Crippen molar-refractivity contribution in [1.29, 1.82) is 0 Å². The summed E-state index contributed by atoms with van der Waals surface area (Å²) in [6.45, 7) is 3.96. The zero-order valence-electron chi connectivity index (χ0n) is 8.08. The zero-order chi connectivity index (χ0) is 9.95. The van der Waals surface area contributed by atoms with E-state index in [1.165, 1.54) is 0 Å². The van der Waals surface area contributed by atoms with Gasteiger partial charge in [0.05, 0.1) is 0 Å². The Balaban J connectivity index is 2.37. The van der Waals surface area contributed by atoms with E-state index in [9.17, 15) is 8.42 Å². The molecule has 0 N–H and O–H groups in total. The van der Waals surface area contributed by atoms with Gasteiger partial charge >= 0.3 is 10.4 Å². The lowest BCUT2D eigenvalue weighted by Crippen LogP contribution is -2.49. The molecular formula is C8H16O4S. The normalized spacial score (nSPS) is 23.8. The summed E-state index contributed by atoms with van der Waals surface area (Å²) in [4.78, 5) is 0. The molecule has 0 radical (unpaired) electrons. The Labute approximate surface area is 79.6 Å². The molecule has 0 saturated carbocycles. The van der Waals surface area contributed by atoms with Crippen LogP contribution in [0.2, 0.25) is 0 Å². The second-order valence-electron chi connectivity index (χ2n) is 3.30. The Morgan fingerprint density at radius 1 is 1.15 bits per heavy atom. The first kappa shape index (κ1) is 10.9. The first-order valence-corrected chi connectivity index (χ1v) is 6.03. The average Bonchev–Trinajstić information content (AvgIpc) is 2.01. The molecule has 78 valence electrons. The Hall–Kier alpha value is -0.130. The van der Waals surface area contributed by atoms with Gasteiger partial charge in [0.2, 0.25) is 5.79 Å². The topological polar surface area (TPSA) is 52.6 Å². The molecule has 0 spiro atoms. The van der Waals surface area contributed by atoms with Crippen molar-refractivity contribution in [3.05, 3.63) is 0 Å². The minimum Gasteiger partial charge on any atom is -0.212 e. The molecule has 0 aromatic carbocycles. The summed E-state index contributed by atoms with van der Waals surface area (Å²) in [6, 6.07) is 0. The van der Waals surface area contributed by atoms with Gasteiger partial charge in [-0.1, -0.05) is 26.7 Å². The maximum atomic E-state index is 10.6. The Morgan fingerprint density at radius 3 is 2.15 bits per heavy atom. The van der Waals surface area contributed by atoms with Crippen LogP contribution in [0.4, 0.5) is 0 Å². The molecule has 1 aliphatic rings. The average molecular weight is 208 g/mol. The van der Waals surface area contributed by atoms with E-state index in [0.717, 1.165) is 19.3 Å². The van der Waals surface area contributed by atoms with Crippen molar-refractivity contribution in [2.75, 3.05) is 0 Å². The van der Waals surface area contributed by atoms with Crippen LogP contribution < -0.4 is 0 Å². The fraction of sp³-hybridized carbons (Fsp3) is 1.00. The summed E-state index contributed by atoms with van der Waals surface area (Å²) in [5.41, 5.74) is 0. The molecule has 1 fully saturated rings. The molecule has 0 aromatic heterocycles. The van der Waals surface area contributed by atoms with Gasteiger partial charge in [-0.05, 0) is 6.42 Å². The van der Waals surface area contributed by atoms with Gasteiger partial charge in [0.1, 0.15) is 0 Å². The fourth-order valence-corrected chi connectivity index (χ4v) is 2.56. The van der Waals surface area contributed by atoms with E-state index < -0.39 is 16.2 Å². The molecule has 1 rings (SSSR count). The molecule has 4 nitrogen and oxygen atoms in total. The smallest absolute Gasteiger partial charge is 0.212 e. The standard InChI is InChI=1S/C8H16O4S/c1-3-5-6-7-8(4-2)11-13(9,10)12-8/h3-7H2,1-2H3. The predicted octanol–water partition coefficient (Wildman–Crippen LogP) is 1.96. The van der Waals surface area contributed by atoms with Gasteiger partial charge in [0, 0.05) is 12.8 Å². The molecule has 1 aliphatic heterocycles. The van der Waals surface area contributed by atoms with Crippen LogP contribution in [0.15, 0.2) is 0 Å². The molecule has 1 heterocycles. The van der Waals surface area contributed by atoms with Gasteiger partial charge in [0.15, 0.2) is 0 Å². The van der Waals surface area contributed by atoms with E-state index >= 15 is 0 Å². The largest absolute Gasteiger partial charge is 0.405 e. The molecule has 1 saturated heterocycles. The molecule has 0 aliphatic carbocycles. The lowest BCUT2D eigenvalue weighted by atomic mass is 10.1. The van der Waals surface area contributed by atoms with E-state index in [1.807, 2.05) is 6.92 Å². The van der Waals surface area contributed by atoms with Crippen molar-refractivity contribution in [3.8, 4) is 0 Å². The number of hydrogen-bond donors (Lipinski definition) is 0. The van der Waals surface area contributed by atoms with Crippen LogP contribution in [0.25, 0.3) is 0 Å². The van der Waals surface area contributed by atoms with E-state index in [0.29, 0.717) is 12.8 Å². The third-order valence-corrected chi connectivity index (χ3v) is 3.22. The summed E-state index contributed by atoms with van der Waals surface area (Å²) in [5, 5.41) is 0. The van der Waals surface area contributed by atoms with Crippen LogP contribution in [-0.4, -0.2) is 14.2 Å². The molecule has 0 aromatic rings. The molecule has 5 heteroatoms. The highest BCUT2D eigenvalue weighted by molar-refractivity contribution is 7.82. The Morgan fingerprint density at radius 2 is 1.77 bits per heavy atom. The third-order valence-electron chi connectivity index (χ3n) is 2.21. The van der Waals surface area contributed by atoms with Crippen LogP contribution >= 0.6 is 0 Å². The lowest BCUT2D eigenvalue weighted by Gasteiger charge is -2.38. The van der Waals surface area contributed by atoms with Crippen molar-refractivity contribution < 1.29 is 16.8 Å². The molecule has 0 amide bonds. The highest BCUT2D eigenvalue weighted by Gasteiger charge is 2.50. The van der Waals surface area contributed by atoms with Crippen LogP contribution in [0.1, 0.15) is 46.0 Å². The van der Waals surface area contributed by atoms with Crippen LogP contribution in [0, 0.1) is 0 Å². The molecule has 0 unspecified atom stereocenters. The first-order chi connectivity index (χ1) is 6.04. The summed E-state index contributed by atoms with van der Waals surface area (Å²) in [5.74, 6) is -0.839. The van der Waals surface area contributed by atoms with Gasteiger partial charge in [-0.3, -0.25) is 0 Å². The van der Waals surface area contributed by atoms with Crippen molar-refractivity contribution in [3.63, 3.8) is 0 Å². The van der Waals surface area contributed by atoms with Gasteiger partial charge in [-0.2, -0.15) is 8.42 Å². The summed E-state index contributed by atoms with van der Waals surface area (Å²) < 4.78 is 30.8. The van der Waals surface area contributed by atoms with E-state index in [4.69, 9.17) is 8.37 Å². The van der Waals surface area contributed by atoms with Crippen LogP contribution in [0.3, 0.4) is 0 Å².